The number of methoxy groups -OCH3 is 1. The molecule has 2 aromatic carbocycles. The Bertz CT molecular complexity index is 1310. The molecule has 0 unspecified atom stereocenters. The number of imidazole rings is 1. The minimum absolute atomic E-state index is 0.168. The van der Waals surface area contributed by atoms with Crippen molar-refractivity contribution < 1.29 is 23.1 Å². The van der Waals surface area contributed by atoms with E-state index in [9.17, 15) is 14.0 Å². The molecule has 1 N–H and O–H groups in total. The second kappa shape index (κ2) is 10.9. The van der Waals surface area contributed by atoms with Gasteiger partial charge in [0.15, 0.2) is 0 Å². The number of halogens is 1. The van der Waals surface area contributed by atoms with E-state index in [1.54, 1.807) is 56.0 Å². The average Bonchev–Trinajstić information content (AvgIpc) is 3.54. The predicted octanol–water partition coefficient (Wildman–Crippen LogP) is 4.90. The van der Waals surface area contributed by atoms with Gasteiger partial charge in [0.1, 0.15) is 23.9 Å². The average molecular weight is 491 g/mol. The molecule has 0 aliphatic rings. The zero-order valence-corrected chi connectivity index (χ0v) is 20.3. The van der Waals surface area contributed by atoms with Gasteiger partial charge in [-0.3, -0.25) is 19.5 Å². The second-order valence-electron chi connectivity index (χ2n) is 8.50. The summed E-state index contributed by atoms with van der Waals surface area (Å²) < 4.78 is 25.8. The Labute approximate surface area is 208 Å². The van der Waals surface area contributed by atoms with Crippen LogP contribution in [0.3, 0.4) is 0 Å². The Morgan fingerprint density at radius 1 is 1.11 bits per heavy atom. The van der Waals surface area contributed by atoms with Gasteiger partial charge in [-0.2, -0.15) is 0 Å². The first-order chi connectivity index (χ1) is 17.3. The molecule has 4 rings (SSSR count). The van der Waals surface area contributed by atoms with Gasteiger partial charge in [0.25, 0.3) is 0 Å². The van der Waals surface area contributed by atoms with Gasteiger partial charge in [-0.15, -0.1) is 0 Å². The molecular formula is C27H27FN4O4. The molecule has 2 amide bonds. The normalized spacial score (nSPS) is 10.9. The lowest BCUT2D eigenvalue weighted by atomic mass is 10.1. The third kappa shape index (κ3) is 5.80. The van der Waals surface area contributed by atoms with E-state index in [0.29, 0.717) is 22.9 Å². The number of hydrogen-bond acceptors (Lipinski definition) is 5. The molecular weight excluding hydrogens is 463 g/mol. The molecule has 9 heteroatoms. The van der Waals surface area contributed by atoms with Crippen LogP contribution in [0.1, 0.15) is 19.6 Å². The zero-order chi connectivity index (χ0) is 25.7. The van der Waals surface area contributed by atoms with Crippen molar-refractivity contribution in [2.24, 2.45) is 5.92 Å². The van der Waals surface area contributed by atoms with Crippen LogP contribution in [-0.2, 0) is 16.1 Å². The number of carbonyl (C=O) groups is 2. The highest BCUT2D eigenvalue weighted by molar-refractivity contribution is 5.94. The maximum atomic E-state index is 13.5. The number of furan rings is 1. The summed E-state index contributed by atoms with van der Waals surface area (Å²) in [6.45, 7) is 3.53. The van der Waals surface area contributed by atoms with Crippen LogP contribution in [0.5, 0.6) is 5.75 Å². The van der Waals surface area contributed by atoms with E-state index in [1.165, 1.54) is 23.3 Å². The third-order valence-electron chi connectivity index (χ3n) is 5.51. The van der Waals surface area contributed by atoms with Gasteiger partial charge >= 0.3 is 0 Å². The van der Waals surface area contributed by atoms with Crippen molar-refractivity contribution in [1.82, 2.24) is 14.5 Å². The van der Waals surface area contributed by atoms with E-state index < -0.39 is 5.91 Å². The molecule has 0 atom stereocenters. The number of benzene rings is 2. The number of aromatic nitrogens is 2. The van der Waals surface area contributed by atoms with Gasteiger partial charge in [-0.05, 0) is 60.7 Å². The first-order valence-corrected chi connectivity index (χ1v) is 11.4. The van der Waals surface area contributed by atoms with E-state index in [2.05, 4.69) is 10.3 Å². The Kier molecular flexibility index (Phi) is 7.48. The van der Waals surface area contributed by atoms with E-state index in [-0.39, 0.29) is 36.7 Å². The van der Waals surface area contributed by atoms with Crippen LogP contribution in [0.2, 0.25) is 0 Å². The molecule has 0 aliphatic heterocycles. The van der Waals surface area contributed by atoms with Gasteiger partial charge < -0.3 is 14.1 Å². The number of nitrogens with one attached hydrogen (secondary N) is 1. The van der Waals surface area contributed by atoms with Crippen molar-refractivity contribution in [2.75, 3.05) is 19.0 Å². The molecule has 0 saturated heterocycles. The monoisotopic (exact) mass is 490 g/mol. The summed E-state index contributed by atoms with van der Waals surface area (Å²) in [5, 5.41) is 2.81. The highest BCUT2D eigenvalue weighted by atomic mass is 19.1. The van der Waals surface area contributed by atoms with Crippen LogP contribution in [-0.4, -0.2) is 39.9 Å². The summed E-state index contributed by atoms with van der Waals surface area (Å²) in [5.74, 6) is 0.250. The fourth-order valence-corrected chi connectivity index (χ4v) is 3.67. The number of ether oxygens (including phenoxy) is 1. The van der Waals surface area contributed by atoms with Crippen molar-refractivity contribution in [2.45, 2.75) is 20.4 Å². The molecule has 2 heterocycles. The molecule has 4 aromatic rings. The van der Waals surface area contributed by atoms with Crippen molar-refractivity contribution in [3.05, 3.63) is 84.7 Å². The van der Waals surface area contributed by atoms with Crippen molar-refractivity contribution in [1.29, 1.82) is 0 Å². The zero-order valence-electron chi connectivity index (χ0n) is 20.3. The molecule has 8 nitrogen and oxygen atoms in total. The summed E-state index contributed by atoms with van der Waals surface area (Å²) in [7, 11) is 1.59. The number of hydrogen-bond donors (Lipinski definition) is 1. The number of anilines is 1. The van der Waals surface area contributed by atoms with E-state index in [1.807, 2.05) is 24.3 Å². The van der Waals surface area contributed by atoms with E-state index >= 15 is 0 Å². The summed E-state index contributed by atoms with van der Waals surface area (Å²) >= 11 is 0. The lowest BCUT2D eigenvalue weighted by Gasteiger charge is -2.23. The maximum absolute atomic E-state index is 13.5. The quantitative estimate of drug-likeness (QED) is 0.360. The first kappa shape index (κ1) is 24.7. The summed E-state index contributed by atoms with van der Waals surface area (Å²) in [5.41, 5.74) is 2.02. The van der Waals surface area contributed by atoms with Crippen LogP contribution < -0.4 is 10.1 Å². The smallest absolute Gasteiger partial charge is 0.246 e. The molecule has 0 aliphatic carbocycles. The molecule has 0 spiro atoms. The number of carbonyl (C=O) groups excluding carboxylic acids is 2. The molecule has 0 bridgehead atoms. The molecule has 0 fully saturated rings. The number of nitrogens with zero attached hydrogens (tertiary/aromatic N) is 3. The lowest BCUT2D eigenvalue weighted by Crippen LogP contribution is -2.39. The Hall–Kier alpha value is -4.40. The van der Waals surface area contributed by atoms with Crippen LogP contribution in [0, 0.1) is 11.7 Å². The van der Waals surface area contributed by atoms with Gasteiger partial charge in [0.2, 0.25) is 17.8 Å². The molecule has 36 heavy (non-hydrogen) atoms. The predicted molar refractivity (Wildman–Crippen MR) is 133 cm³/mol. The van der Waals surface area contributed by atoms with Crippen molar-refractivity contribution >= 4 is 17.8 Å². The fourth-order valence-electron chi connectivity index (χ4n) is 3.67. The van der Waals surface area contributed by atoms with E-state index in [0.717, 1.165) is 5.56 Å². The molecule has 0 radical (unpaired) electrons. The number of amides is 2. The molecule has 0 saturated carbocycles. The van der Waals surface area contributed by atoms with Gasteiger partial charge in [-0.1, -0.05) is 13.8 Å². The Morgan fingerprint density at radius 3 is 2.44 bits per heavy atom. The fraction of sp³-hybridized carbons (Fsp3) is 0.222. The highest BCUT2D eigenvalue weighted by Crippen LogP contribution is 2.26. The number of rotatable bonds is 9. The van der Waals surface area contributed by atoms with E-state index in [4.69, 9.17) is 9.15 Å². The van der Waals surface area contributed by atoms with Crippen molar-refractivity contribution in [3.8, 4) is 22.7 Å². The highest BCUT2D eigenvalue weighted by Gasteiger charge is 2.23. The topological polar surface area (TPSA) is 89.6 Å². The first-order valence-electron chi connectivity index (χ1n) is 11.4. The summed E-state index contributed by atoms with van der Waals surface area (Å²) in [6, 6.07) is 16.7. The molecule has 186 valence electrons. The van der Waals surface area contributed by atoms with Gasteiger partial charge in [-0.25, -0.2) is 9.37 Å². The minimum Gasteiger partial charge on any atom is -0.497 e. The lowest BCUT2D eigenvalue weighted by molar-refractivity contribution is -0.138. The standard InChI is InChI=1S/C27H27FN4O4/c1-18(2)26(34)31(15-23-5-4-14-36-23)17-25(33)30-27-29-24(19-6-12-22(35-3)13-7-19)16-32(27)21-10-8-20(28)9-11-21/h4-14,16,18H,15,17H2,1-3H3,(H,29,30,33). The van der Waals surface area contributed by atoms with Gasteiger partial charge in [0.05, 0.1) is 25.6 Å². The van der Waals surface area contributed by atoms with Crippen LogP contribution in [0.4, 0.5) is 10.3 Å². The van der Waals surface area contributed by atoms with Crippen molar-refractivity contribution in [3.63, 3.8) is 0 Å². The second-order valence-corrected chi connectivity index (χ2v) is 8.50. The summed E-state index contributed by atoms with van der Waals surface area (Å²) in [6.07, 6.45) is 3.28. The largest absolute Gasteiger partial charge is 0.497 e. The Morgan fingerprint density at radius 2 is 1.83 bits per heavy atom. The third-order valence-corrected chi connectivity index (χ3v) is 5.51. The van der Waals surface area contributed by atoms with Crippen LogP contribution in [0.15, 0.2) is 77.5 Å². The maximum Gasteiger partial charge on any atom is 0.246 e. The summed E-state index contributed by atoms with van der Waals surface area (Å²) in [4.78, 5) is 31.9. The van der Waals surface area contributed by atoms with Gasteiger partial charge in [0, 0.05) is 23.4 Å². The van der Waals surface area contributed by atoms with Crippen LogP contribution in [0.25, 0.3) is 16.9 Å². The SMILES string of the molecule is COc1ccc(-c2cn(-c3ccc(F)cc3)c(NC(=O)CN(Cc3ccco3)C(=O)C(C)C)n2)cc1. The minimum atomic E-state index is -0.425. The van der Waals surface area contributed by atoms with Crippen LogP contribution >= 0.6 is 0 Å². The Balaban J connectivity index is 1.61. The molecule has 2 aromatic heterocycles.